The minimum atomic E-state index is 0.388. The van der Waals surface area contributed by atoms with Crippen LogP contribution in [0.4, 0.5) is 0 Å². The van der Waals surface area contributed by atoms with E-state index in [9.17, 15) is 0 Å². The van der Waals surface area contributed by atoms with Gasteiger partial charge in [0.2, 0.25) is 0 Å². The molecule has 0 atom stereocenters. The van der Waals surface area contributed by atoms with Crippen LogP contribution in [0.5, 0.6) is 0 Å². The molecule has 4 heteroatoms. The second kappa shape index (κ2) is 3.93. The minimum absolute atomic E-state index is 0.388. The molecule has 0 aromatic heterocycles. The fourth-order valence-electron chi connectivity index (χ4n) is 0.764. The maximum absolute atomic E-state index is 5.81. The number of halogens is 2. The zero-order valence-corrected chi connectivity index (χ0v) is 7.32. The molecule has 0 aliphatic carbocycles. The van der Waals surface area contributed by atoms with Crippen molar-refractivity contribution in [3.05, 3.63) is 33.8 Å². The molecule has 3 N–H and O–H groups in total. The van der Waals surface area contributed by atoms with Gasteiger partial charge in [0, 0.05) is 15.6 Å². The third-order valence-electron chi connectivity index (χ3n) is 1.27. The third kappa shape index (κ3) is 2.34. The van der Waals surface area contributed by atoms with Crippen molar-refractivity contribution in [3.8, 4) is 0 Å². The SMILES string of the molecule is [NH3+]OCc1cc(Cl)ccc1Cl. The van der Waals surface area contributed by atoms with E-state index < -0.39 is 0 Å². The molecule has 0 aliphatic rings. The van der Waals surface area contributed by atoms with Crippen LogP contribution in [0.15, 0.2) is 18.2 Å². The Hall–Kier alpha value is -0.280. The lowest BCUT2D eigenvalue weighted by atomic mass is 10.2. The predicted molar refractivity (Wildman–Crippen MR) is 44.1 cm³/mol. The van der Waals surface area contributed by atoms with E-state index in [1.807, 2.05) is 0 Å². The maximum Gasteiger partial charge on any atom is 0.132 e. The highest BCUT2D eigenvalue weighted by atomic mass is 35.5. The zero-order valence-electron chi connectivity index (χ0n) is 5.81. The number of benzene rings is 1. The van der Waals surface area contributed by atoms with Crippen LogP contribution in [-0.4, -0.2) is 0 Å². The van der Waals surface area contributed by atoms with Gasteiger partial charge in [0.05, 0.1) is 0 Å². The first-order valence-electron chi connectivity index (χ1n) is 3.05. The molecule has 0 bridgehead atoms. The second-order valence-corrected chi connectivity index (χ2v) is 2.93. The summed E-state index contributed by atoms with van der Waals surface area (Å²) in [7, 11) is 0. The molecule has 0 aliphatic heterocycles. The fraction of sp³-hybridized carbons (Fsp3) is 0.143. The van der Waals surface area contributed by atoms with Crippen LogP contribution in [0.3, 0.4) is 0 Å². The number of rotatable bonds is 2. The lowest BCUT2D eigenvalue weighted by Gasteiger charge is -1.99. The average Bonchev–Trinajstić information content (AvgIpc) is 1.98. The Morgan fingerprint density at radius 1 is 1.36 bits per heavy atom. The highest BCUT2D eigenvalue weighted by Crippen LogP contribution is 2.20. The molecule has 0 saturated carbocycles. The molecule has 1 aromatic rings. The zero-order chi connectivity index (χ0) is 8.27. The summed E-state index contributed by atoms with van der Waals surface area (Å²) in [5.74, 6) is 3.25. The Balaban J connectivity index is 2.93. The first-order chi connectivity index (χ1) is 5.24. The minimum Gasteiger partial charge on any atom is -0.212 e. The smallest absolute Gasteiger partial charge is 0.132 e. The van der Waals surface area contributed by atoms with Crippen LogP contribution in [0.1, 0.15) is 5.56 Å². The first-order valence-corrected chi connectivity index (χ1v) is 3.80. The highest BCUT2D eigenvalue weighted by Gasteiger charge is 2.00. The Labute approximate surface area is 74.8 Å². The van der Waals surface area contributed by atoms with Gasteiger partial charge in [0.25, 0.3) is 0 Å². The van der Waals surface area contributed by atoms with Crippen molar-refractivity contribution in [2.45, 2.75) is 6.61 Å². The van der Waals surface area contributed by atoms with Crippen LogP contribution < -0.4 is 5.90 Å². The average molecular weight is 193 g/mol. The van der Waals surface area contributed by atoms with Crippen molar-refractivity contribution < 1.29 is 10.7 Å². The largest absolute Gasteiger partial charge is 0.212 e. The second-order valence-electron chi connectivity index (χ2n) is 2.08. The quantitative estimate of drug-likeness (QED) is 0.712. The van der Waals surface area contributed by atoms with E-state index in [1.165, 1.54) is 0 Å². The summed E-state index contributed by atoms with van der Waals surface area (Å²) in [6.07, 6.45) is 0. The number of hydrogen-bond acceptors (Lipinski definition) is 1. The predicted octanol–water partition coefficient (Wildman–Crippen LogP) is 1.67. The molecule has 1 aromatic carbocycles. The molecule has 60 valence electrons. The topological polar surface area (TPSA) is 36.9 Å². The van der Waals surface area contributed by atoms with E-state index in [2.05, 4.69) is 10.7 Å². The van der Waals surface area contributed by atoms with Crippen molar-refractivity contribution in [3.63, 3.8) is 0 Å². The highest BCUT2D eigenvalue weighted by molar-refractivity contribution is 6.33. The van der Waals surface area contributed by atoms with Crippen LogP contribution in [0, 0.1) is 0 Å². The fourth-order valence-corrected chi connectivity index (χ4v) is 1.13. The molecule has 0 unspecified atom stereocenters. The van der Waals surface area contributed by atoms with Crippen molar-refractivity contribution in [2.75, 3.05) is 0 Å². The van der Waals surface area contributed by atoms with Crippen molar-refractivity contribution in [1.82, 2.24) is 0 Å². The summed E-state index contributed by atoms with van der Waals surface area (Å²) in [4.78, 5) is 4.67. The molecule has 0 saturated heterocycles. The van der Waals surface area contributed by atoms with Gasteiger partial charge in [-0.2, -0.15) is 0 Å². The van der Waals surface area contributed by atoms with Gasteiger partial charge < -0.3 is 0 Å². The van der Waals surface area contributed by atoms with E-state index in [-0.39, 0.29) is 0 Å². The molecule has 11 heavy (non-hydrogen) atoms. The summed E-state index contributed by atoms with van der Waals surface area (Å²) < 4.78 is 0. The monoisotopic (exact) mass is 192 g/mol. The van der Waals surface area contributed by atoms with E-state index in [0.29, 0.717) is 16.7 Å². The lowest BCUT2D eigenvalue weighted by Crippen LogP contribution is -2.48. The van der Waals surface area contributed by atoms with Gasteiger partial charge in [0.1, 0.15) is 6.61 Å². The summed E-state index contributed by atoms with van der Waals surface area (Å²) in [5.41, 5.74) is 0.856. The van der Waals surface area contributed by atoms with Crippen LogP contribution >= 0.6 is 23.2 Å². The summed E-state index contributed by atoms with van der Waals surface area (Å²) in [6, 6.07) is 5.23. The van der Waals surface area contributed by atoms with E-state index >= 15 is 0 Å². The Morgan fingerprint density at radius 2 is 2.09 bits per heavy atom. The Kier molecular flexibility index (Phi) is 3.15. The molecule has 2 nitrogen and oxygen atoms in total. The van der Waals surface area contributed by atoms with Gasteiger partial charge in [-0.15, -0.1) is 0 Å². The van der Waals surface area contributed by atoms with Crippen LogP contribution in [0.25, 0.3) is 0 Å². The first kappa shape index (κ1) is 8.81. The normalized spacial score (nSPS) is 10.1. The summed E-state index contributed by atoms with van der Waals surface area (Å²) >= 11 is 11.5. The van der Waals surface area contributed by atoms with E-state index in [1.54, 1.807) is 18.2 Å². The van der Waals surface area contributed by atoms with Crippen molar-refractivity contribution >= 4 is 23.2 Å². The molecule has 0 fully saturated rings. The van der Waals surface area contributed by atoms with Gasteiger partial charge in [-0.05, 0) is 18.2 Å². The van der Waals surface area contributed by atoms with Gasteiger partial charge in [-0.25, -0.2) is 10.7 Å². The number of quaternary nitrogens is 1. The van der Waals surface area contributed by atoms with Crippen LogP contribution in [0.2, 0.25) is 10.0 Å². The number of hydrogen-bond donors (Lipinski definition) is 1. The maximum atomic E-state index is 5.81. The van der Waals surface area contributed by atoms with Gasteiger partial charge >= 0.3 is 0 Å². The molecular weight excluding hydrogens is 185 g/mol. The van der Waals surface area contributed by atoms with E-state index in [0.717, 1.165) is 5.56 Å². The Morgan fingerprint density at radius 3 is 2.73 bits per heavy atom. The van der Waals surface area contributed by atoms with Gasteiger partial charge in [-0.3, -0.25) is 0 Å². The molecule has 0 heterocycles. The molecular formula is C7H8Cl2NO+. The van der Waals surface area contributed by atoms with Gasteiger partial charge in [-0.1, -0.05) is 23.2 Å². The van der Waals surface area contributed by atoms with Crippen molar-refractivity contribution in [2.24, 2.45) is 0 Å². The third-order valence-corrected chi connectivity index (χ3v) is 1.87. The Bertz CT molecular complexity index is 252. The van der Waals surface area contributed by atoms with Crippen molar-refractivity contribution in [1.29, 1.82) is 0 Å². The van der Waals surface area contributed by atoms with Gasteiger partial charge in [0.15, 0.2) is 0 Å². The lowest BCUT2D eigenvalue weighted by molar-refractivity contribution is -0.695. The molecule has 1 rings (SSSR count). The van der Waals surface area contributed by atoms with Crippen LogP contribution in [-0.2, 0) is 11.4 Å². The summed E-state index contributed by atoms with van der Waals surface area (Å²) in [6.45, 7) is 0.388. The molecule has 0 radical (unpaired) electrons. The molecule has 0 spiro atoms. The molecule has 0 amide bonds. The standard InChI is InChI=1S/C7H8Cl2NO/c8-6-1-2-7(9)5(3-6)4-11-10/h1-3H,4H2,10H3/q+1. The van der Waals surface area contributed by atoms with E-state index in [4.69, 9.17) is 23.2 Å². The summed E-state index contributed by atoms with van der Waals surface area (Å²) in [5, 5.41) is 1.31.